The van der Waals surface area contributed by atoms with Gasteiger partial charge in [-0.15, -0.1) is 0 Å². The minimum Gasteiger partial charge on any atom is -0.300 e. The first-order chi connectivity index (χ1) is 13.6. The van der Waals surface area contributed by atoms with Crippen LogP contribution in [0.2, 0.25) is 0 Å². The molecule has 0 radical (unpaired) electrons. The summed E-state index contributed by atoms with van der Waals surface area (Å²) >= 11 is 0. The standard InChI is InChI=1S/C23H22FN3O/c1-15(28)16-5-2-7-18(11-16)23-26-21(17-6-3-9-20(24)12-17)13-22(27-23)19-8-4-10-25-14-19/h3-4,6,8-10,12-14,16,18H,2,5,7,11H2,1H3. The van der Waals surface area contributed by atoms with Crippen molar-refractivity contribution in [1.82, 2.24) is 15.0 Å². The first-order valence-electron chi connectivity index (χ1n) is 9.66. The lowest BCUT2D eigenvalue weighted by molar-refractivity contribution is -0.121. The van der Waals surface area contributed by atoms with Gasteiger partial charge < -0.3 is 0 Å². The maximum atomic E-state index is 13.8. The topological polar surface area (TPSA) is 55.7 Å². The SMILES string of the molecule is CC(=O)C1CCCC(c2nc(-c3cccnc3)cc(-c3cccc(F)c3)n2)C1. The molecule has 0 amide bonds. The third-order valence-corrected chi connectivity index (χ3v) is 5.44. The van der Waals surface area contributed by atoms with Crippen LogP contribution >= 0.6 is 0 Å². The Morgan fingerprint density at radius 3 is 2.54 bits per heavy atom. The van der Waals surface area contributed by atoms with Gasteiger partial charge in [-0.05, 0) is 56.5 Å². The number of carbonyl (C=O) groups is 1. The highest BCUT2D eigenvalue weighted by molar-refractivity contribution is 5.78. The van der Waals surface area contributed by atoms with Crippen LogP contribution in [0.4, 0.5) is 4.39 Å². The number of halogens is 1. The van der Waals surface area contributed by atoms with Crippen LogP contribution in [0.5, 0.6) is 0 Å². The van der Waals surface area contributed by atoms with Gasteiger partial charge in [-0.1, -0.05) is 18.6 Å². The van der Waals surface area contributed by atoms with E-state index in [1.54, 1.807) is 25.4 Å². The Morgan fingerprint density at radius 1 is 1.04 bits per heavy atom. The van der Waals surface area contributed by atoms with Crippen molar-refractivity contribution in [2.75, 3.05) is 0 Å². The summed E-state index contributed by atoms with van der Waals surface area (Å²) in [5.41, 5.74) is 3.06. The molecule has 1 aliphatic carbocycles. The van der Waals surface area contributed by atoms with Gasteiger partial charge in [0.25, 0.3) is 0 Å². The zero-order valence-electron chi connectivity index (χ0n) is 15.8. The summed E-state index contributed by atoms with van der Waals surface area (Å²) in [5.74, 6) is 0.869. The van der Waals surface area contributed by atoms with Gasteiger partial charge in [0.05, 0.1) is 11.4 Å². The molecule has 0 aliphatic heterocycles. The zero-order chi connectivity index (χ0) is 19.5. The molecule has 1 saturated carbocycles. The second kappa shape index (κ2) is 7.97. The quantitative estimate of drug-likeness (QED) is 0.628. The minimum absolute atomic E-state index is 0.0713. The number of pyridine rings is 1. The Bertz CT molecular complexity index is 990. The number of nitrogens with zero attached hydrogens (tertiary/aromatic N) is 3. The monoisotopic (exact) mass is 375 g/mol. The summed E-state index contributed by atoms with van der Waals surface area (Å²) in [7, 11) is 0. The molecule has 2 atom stereocenters. The normalized spacial score (nSPS) is 19.4. The average molecular weight is 375 g/mol. The fourth-order valence-corrected chi connectivity index (χ4v) is 3.90. The van der Waals surface area contributed by atoms with E-state index in [-0.39, 0.29) is 23.4 Å². The third-order valence-electron chi connectivity index (χ3n) is 5.44. The Kier molecular flexibility index (Phi) is 5.24. The fraction of sp³-hybridized carbons (Fsp3) is 0.304. The van der Waals surface area contributed by atoms with Crippen molar-refractivity contribution in [2.45, 2.75) is 38.5 Å². The second-order valence-electron chi connectivity index (χ2n) is 7.42. The second-order valence-corrected chi connectivity index (χ2v) is 7.42. The van der Waals surface area contributed by atoms with E-state index in [1.807, 2.05) is 24.3 Å². The Hall–Kier alpha value is -2.95. The number of hydrogen-bond donors (Lipinski definition) is 0. The first kappa shape index (κ1) is 18.4. The molecular weight excluding hydrogens is 353 g/mol. The summed E-state index contributed by atoms with van der Waals surface area (Å²) in [6, 6.07) is 12.1. The van der Waals surface area contributed by atoms with Gasteiger partial charge in [-0.3, -0.25) is 9.78 Å². The molecule has 5 heteroatoms. The number of ketones is 1. The van der Waals surface area contributed by atoms with E-state index in [9.17, 15) is 9.18 Å². The molecule has 4 nitrogen and oxygen atoms in total. The average Bonchev–Trinajstić information content (AvgIpc) is 2.74. The number of benzene rings is 1. The van der Waals surface area contributed by atoms with Crippen LogP contribution in [0.15, 0.2) is 54.9 Å². The molecule has 0 saturated heterocycles. The van der Waals surface area contributed by atoms with E-state index < -0.39 is 0 Å². The van der Waals surface area contributed by atoms with Gasteiger partial charge in [-0.2, -0.15) is 0 Å². The molecule has 2 unspecified atom stereocenters. The summed E-state index contributed by atoms with van der Waals surface area (Å²) in [6.07, 6.45) is 7.14. The van der Waals surface area contributed by atoms with E-state index in [0.29, 0.717) is 11.3 Å². The Balaban J connectivity index is 1.79. The molecule has 2 aromatic heterocycles. The van der Waals surface area contributed by atoms with E-state index in [4.69, 9.17) is 9.97 Å². The fourth-order valence-electron chi connectivity index (χ4n) is 3.90. The van der Waals surface area contributed by atoms with Crippen LogP contribution < -0.4 is 0 Å². The summed E-state index contributed by atoms with van der Waals surface area (Å²) in [4.78, 5) is 25.7. The van der Waals surface area contributed by atoms with E-state index in [2.05, 4.69) is 4.98 Å². The number of aromatic nitrogens is 3. The van der Waals surface area contributed by atoms with Gasteiger partial charge in [0.1, 0.15) is 17.4 Å². The molecule has 1 fully saturated rings. The van der Waals surface area contributed by atoms with Crippen LogP contribution in [0.1, 0.15) is 44.3 Å². The third kappa shape index (κ3) is 3.98. The van der Waals surface area contributed by atoms with Crippen molar-refractivity contribution < 1.29 is 9.18 Å². The highest BCUT2D eigenvalue weighted by Gasteiger charge is 2.28. The molecule has 4 rings (SSSR count). The van der Waals surface area contributed by atoms with E-state index in [1.165, 1.54) is 12.1 Å². The van der Waals surface area contributed by atoms with Gasteiger partial charge >= 0.3 is 0 Å². The molecule has 28 heavy (non-hydrogen) atoms. The summed E-state index contributed by atoms with van der Waals surface area (Å²) in [5, 5.41) is 0. The molecule has 3 aromatic rings. The van der Waals surface area contributed by atoms with Crippen molar-refractivity contribution in [3.05, 3.63) is 66.5 Å². The van der Waals surface area contributed by atoms with Gasteiger partial charge in [0, 0.05) is 35.4 Å². The van der Waals surface area contributed by atoms with Crippen LogP contribution in [0.3, 0.4) is 0 Å². The van der Waals surface area contributed by atoms with Crippen LogP contribution in [-0.4, -0.2) is 20.7 Å². The van der Waals surface area contributed by atoms with Crippen LogP contribution in [0.25, 0.3) is 22.5 Å². The summed E-state index contributed by atoms with van der Waals surface area (Å²) in [6.45, 7) is 1.66. The molecule has 0 bridgehead atoms. The van der Waals surface area contributed by atoms with Crippen molar-refractivity contribution in [3.8, 4) is 22.5 Å². The number of carbonyl (C=O) groups excluding carboxylic acids is 1. The summed E-state index contributed by atoms with van der Waals surface area (Å²) < 4.78 is 13.8. The maximum Gasteiger partial charge on any atom is 0.132 e. The molecular formula is C23H22FN3O. The Labute approximate surface area is 163 Å². The molecule has 142 valence electrons. The first-order valence-corrected chi connectivity index (χ1v) is 9.66. The predicted molar refractivity (Wildman–Crippen MR) is 106 cm³/mol. The van der Waals surface area contributed by atoms with Crippen LogP contribution in [-0.2, 0) is 4.79 Å². The van der Waals surface area contributed by atoms with Gasteiger partial charge in [0.15, 0.2) is 0 Å². The van der Waals surface area contributed by atoms with Crippen molar-refractivity contribution in [3.63, 3.8) is 0 Å². The largest absolute Gasteiger partial charge is 0.300 e. The van der Waals surface area contributed by atoms with Crippen LogP contribution in [0, 0.1) is 11.7 Å². The smallest absolute Gasteiger partial charge is 0.132 e. The minimum atomic E-state index is -0.296. The number of hydrogen-bond acceptors (Lipinski definition) is 4. The number of rotatable bonds is 4. The van der Waals surface area contributed by atoms with Gasteiger partial charge in [-0.25, -0.2) is 14.4 Å². The van der Waals surface area contributed by atoms with E-state index in [0.717, 1.165) is 42.8 Å². The highest BCUT2D eigenvalue weighted by atomic mass is 19.1. The van der Waals surface area contributed by atoms with Crippen molar-refractivity contribution in [1.29, 1.82) is 0 Å². The van der Waals surface area contributed by atoms with Crippen molar-refractivity contribution in [2.24, 2.45) is 5.92 Å². The molecule has 1 aromatic carbocycles. The lowest BCUT2D eigenvalue weighted by atomic mass is 9.79. The lowest BCUT2D eigenvalue weighted by Gasteiger charge is -2.27. The Morgan fingerprint density at radius 2 is 1.82 bits per heavy atom. The predicted octanol–water partition coefficient (Wildman–Crippen LogP) is 5.21. The molecule has 2 heterocycles. The van der Waals surface area contributed by atoms with E-state index >= 15 is 0 Å². The maximum absolute atomic E-state index is 13.8. The molecule has 0 N–H and O–H groups in total. The lowest BCUT2D eigenvalue weighted by Crippen LogP contribution is -2.21. The number of Topliss-reactive ketones (excluding diaryl/α,β-unsaturated/α-hetero) is 1. The van der Waals surface area contributed by atoms with Crippen molar-refractivity contribution >= 4 is 5.78 Å². The highest BCUT2D eigenvalue weighted by Crippen LogP contribution is 2.36. The molecule has 0 spiro atoms. The van der Waals surface area contributed by atoms with Gasteiger partial charge in [0.2, 0.25) is 0 Å². The zero-order valence-corrected chi connectivity index (χ0v) is 15.8. The molecule has 1 aliphatic rings.